The highest BCUT2D eigenvalue weighted by Crippen LogP contribution is 2.33. The topological polar surface area (TPSA) is 63.9 Å². The van der Waals surface area contributed by atoms with Crippen LogP contribution in [-0.4, -0.2) is 31.7 Å². The lowest BCUT2D eigenvalue weighted by Crippen LogP contribution is -2.37. The lowest BCUT2D eigenvalue weighted by molar-refractivity contribution is 0.179. The highest BCUT2D eigenvalue weighted by molar-refractivity contribution is 5.90. The molecule has 3 rings (SSSR count). The highest BCUT2D eigenvalue weighted by atomic mass is 16.5. The number of carbonyl (C=O) groups excluding carboxylic acids is 1. The average molecular weight is 344 g/mol. The monoisotopic (exact) mass is 344 g/mol. The number of nitrogens with zero attached hydrogens (tertiary/aromatic N) is 1. The number of urea groups is 1. The third-order valence-corrected chi connectivity index (χ3v) is 4.52. The lowest BCUT2D eigenvalue weighted by Gasteiger charge is -2.28. The first kappa shape index (κ1) is 17.2. The number of rotatable bonds is 4. The maximum absolute atomic E-state index is 12.9. The average Bonchev–Trinajstić information content (AvgIpc) is 3.05. The molecule has 2 amide bonds. The van der Waals surface area contributed by atoms with Gasteiger partial charge in [-0.15, -0.1) is 0 Å². The van der Waals surface area contributed by atoms with Crippen molar-refractivity contribution < 1.29 is 18.7 Å². The molecule has 6 nitrogen and oxygen atoms in total. The summed E-state index contributed by atoms with van der Waals surface area (Å²) >= 11 is 0. The van der Waals surface area contributed by atoms with Crippen molar-refractivity contribution in [1.29, 1.82) is 0 Å². The normalized spacial score (nSPS) is 17.7. The summed E-state index contributed by atoms with van der Waals surface area (Å²) in [4.78, 5) is 14.7. The number of amides is 2. The van der Waals surface area contributed by atoms with Crippen molar-refractivity contribution in [3.63, 3.8) is 0 Å². The van der Waals surface area contributed by atoms with E-state index >= 15 is 0 Å². The molecule has 6 heteroatoms. The van der Waals surface area contributed by atoms with Gasteiger partial charge in [0.2, 0.25) is 0 Å². The zero-order valence-corrected chi connectivity index (χ0v) is 14.7. The van der Waals surface area contributed by atoms with Gasteiger partial charge in [0.05, 0.1) is 26.5 Å². The molecule has 0 saturated carbocycles. The maximum Gasteiger partial charge on any atom is 0.322 e. The summed E-state index contributed by atoms with van der Waals surface area (Å²) in [5, 5.41) is 2.97. The van der Waals surface area contributed by atoms with Gasteiger partial charge in [0, 0.05) is 18.3 Å². The summed E-state index contributed by atoms with van der Waals surface area (Å²) in [6.07, 6.45) is 5.77. The van der Waals surface area contributed by atoms with Gasteiger partial charge in [-0.05, 0) is 37.1 Å². The minimum atomic E-state index is -0.129. The molecule has 1 saturated heterocycles. The number of likely N-dealkylation sites (tertiary alicyclic amines) is 1. The molecule has 1 aromatic carbocycles. The third kappa shape index (κ3) is 3.90. The van der Waals surface area contributed by atoms with Crippen molar-refractivity contribution in [2.45, 2.75) is 31.7 Å². The second-order valence-electron chi connectivity index (χ2n) is 6.07. The Morgan fingerprint density at radius 2 is 2.00 bits per heavy atom. The molecular formula is C19H24N2O4. The smallest absolute Gasteiger partial charge is 0.322 e. The van der Waals surface area contributed by atoms with E-state index in [0.717, 1.165) is 31.4 Å². The van der Waals surface area contributed by atoms with Crippen LogP contribution in [0.25, 0.3) is 0 Å². The number of anilines is 1. The predicted molar refractivity (Wildman–Crippen MR) is 95.2 cm³/mol. The van der Waals surface area contributed by atoms with Gasteiger partial charge < -0.3 is 24.1 Å². The Bertz CT molecular complexity index is 699. The molecule has 0 unspecified atom stereocenters. The number of nitrogens with one attached hydrogen (secondary N) is 1. The van der Waals surface area contributed by atoms with E-state index in [1.165, 1.54) is 0 Å². The fraction of sp³-hybridized carbons (Fsp3) is 0.421. The summed E-state index contributed by atoms with van der Waals surface area (Å²) in [6.45, 7) is 0.713. The van der Waals surface area contributed by atoms with Gasteiger partial charge in [0.25, 0.3) is 0 Å². The van der Waals surface area contributed by atoms with Crippen molar-refractivity contribution in [1.82, 2.24) is 4.90 Å². The van der Waals surface area contributed by atoms with Crippen molar-refractivity contribution in [3.05, 3.63) is 42.4 Å². The number of furan rings is 1. The molecule has 0 radical (unpaired) electrons. The Kier molecular flexibility index (Phi) is 5.48. The summed E-state index contributed by atoms with van der Waals surface area (Å²) < 4.78 is 16.1. The largest absolute Gasteiger partial charge is 0.493 e. The number of methoxy groups -OCH3 is 2. The first-order chi connectivity index (χ1) is 12.2. The van der Waals surface area contributed by atoms with E-state index in [0.29, 0.717) is 23.7 Å². The van der Waals surface area contributed by atoms with Crippen LogP contribution in [0.15, 0.2) is 41.0 Å². The number of benzene rings is 1. The van der Waals surface area contributed by atoms with Crippen LogP contribution in [0.3, 0.4) is 0 Å². The van der Waals surface area contributed by atoms with Crippen LogP contribution < -0.4 is 14.8 Å². The van der Waals surface area contributed by atoms with Gasteiger partial charge in [0.15, 0.2) is 11.5 Å². The van der Waals surface area contributed by atoms with Crippen LogP contribution >= 0.6 is 0 Å². The van der Waals surface area contributed by atoms with Crippen molar-refractivity contribution in [2.24, 2.45) is 0 Å². The predicted octanol–water partition coefficient (Wildman–Crippen LogP) is 4.45. The van der Waals surface area contributed by atoms with E-state index in [2.05, 4.69) is 5.32 Å². The Morgan fingerprint density at radius 3 is 2.72 bits per heavy atom. The van der Waals surface area contributed by atoms with Crippen LogP contribution in [0.5, 0.6) is 11.5 Å². The standard InChI is InChI=1S/C19H24N2O4/c1-23-17-10-9-14(13-18(17)24-2)20-19(22)21-11-5-3-4-7-15(21)16-8-6-12-25-16/h6,8-10,12-13,15H,3-5,7,11H2,1-2H3,(H,20,22)/t15-/m0/s1. The Hall–Kier alpha value is -2.63. The second-order valence-corrected chi connectivity index (χ2v) is 6.07. The molecule has 134 valence electrons. The van der Waals surface area contributed by atoms with Gasteiger partial charge >= 0.3 is 6.03 Å². The first-order valence-corrected chi connectivity index (χ1v) is 8.56. The SMILES string of the molecule is COc1ccc(NC(=O)N2CCCCC[C@H]2c2ccco2)cc1OC. The molecule has 2 aromatic rings. The fourth-order valence-electron chi connectivity index (χ4n) is 3.24. The summed E-state index contributed by atoms with van der Waals surface area (Å²) in [5.74, 6) is 2.05. The van der Waals surface area contributed by atoms with Crippen molar-refractivity contribution in [2.75, 3.05) is 26.1 Å². The minimum Gasteiger partial charge on any atom is -0.493 e. The molecule has 1 N–H and O–H groups in total. The Morgan fingerprint density at radius 1 is 1.16 bits per heavy atom. The van der Waals surface area contributed by atoms with E-state index in [-0.39, 0.29) is 12.1 Å². The fourth-order valence-corrected chi connectivity index (χ4v) is 3.24. The van der Waals surface area contributed by atoms with E-state index in [1.807, 2.05) is 17.0 Å². The number of ether oxygens (including phenoxy) is 2. The van der Waals surface area contributed by atoms with Crippen LogP contribution in [0.4, 0.5) is 10.5 Å². The van der Waals surface area contributed by atoms with E-state index in [4.69, 9.17) is 13.9 Å². The molecule has 2 heterocycles. The lowest BCUT2D eigenvalue weighted by atomic mass is 10.1. The quantitative estimate of drug-likeness (QED) is 0.890. The van der Waals surface area contributed by atoms with Gasteiger partial charge in [0.1, 0.15) is 5.76 Å². The molecule has 1 aliphatic rings. The molecule has 1 aromatic heterocycles. The molecule has 25 heavy (non-hydrogen) atoms. The Balaban J connectivity index is 1.78. The first-order valence-electron chi connectivity index (χ1n) is 8.56. The minimum absolute atomic E-state index is 0.0300. The van der Waals surface area contributed by atoms with Crippen LogP contribution in [0.2, 0.25) is 0 Å². The highest BCUT2D eigenvalue weighted by Gasteiger charge is 2.28. The number of hydrogen-bond donors (Lipinski definition) is 1. The maximum atomic E-state index is 12.9. The number of hydrogen-bond acceptors (Lipinski definition) is 4. The second kappa shape index (κ2) is 7.96. The van der Waals surface area contributed by atoms with E-state index in [1.54, 1.807) is 38.7 Å². The summed E-state index contributed by atoms with van der Waals surface area (Å²) in [5.41, 5.74) is 0.671. The molecule has 1 atom stereocenters. The van der Waals surface area contributed by atoms with Gasteiger partial charge in [-0.2, -0.15) is 0 Å². The zero-order chi connectivity index (χ0) is 17.6. The van der Waals surface area contributed by atoms with Gasteiger partial charge in [-0.25, -0.2) is 4.79 Å². The van der Waals surface area contributed by atoms with Crippen molar-refractivity contribution in [3.8, 4) is 11.5 Å². The molecule has 0 aliphatic carbocycles. The molecular weight excluding hydrogens is 320 g/mol. The van der Waals surface area contributed by atoms with E-state index < -0.39 is 0 Å². The van der Waals surface area contributed by atoms with Crippen LogP contribution in [-0.2, 0) is 0 Å². The summed E-state index contributed by atoms with van der Waals surface area (Å²) in [7, 11) is 3.16. The van der Waals surface area contributed by atoms with Crippen LogP contribution in [0.1, 0.15) is 37.5 Å². The number of carbonyl (C=O) groups is 1. The van der Waals surface area contributed by atoms with Gasteiger partial charge in [-0.3, -0.25) is 0 Å². The van der Waals surface area contributed by atoms with Gasteiger partial charge in [-0.1, -0.05) is 12.8 Å². The third-order valence-electron chi connectivity index (χ3n) is 4.52. The van der Waals surface area contributed by atoms with Crippen molar-refractivity contribution >= 4 is 11.7 Å². The summed E-state index contributed by atoms with van der Waals surface area (Å²) in [6, 6.07) is 8.99. The molecule has 0 spiro atoms. The molecule has 0 bridgehead atoms. The molecule has 1 fully saturated rings. The zero-order valence-electron chi connectivity index (χ0n) is 14.7. The Labute approximate surface area is 147 Å². The van der Waals surface area contributed by atoms with Crippen LogP contribution in [0, 0.1) is 0 Å². The molecule has 1 aliphatic heterocycles. The van der Waals surface area contributed by atoms with E-state index in [9.17, 15) is 4.79 Å².